The Bertz CT molecular complexity index is 1470. The van der Waals surface area contributed by atoms with Crippen LogP contribution in [-0.2, 0) is 34.3 Å². The van der Waals surface area contributed by atoms with Crippen LogP contribution in [0.15, 0.2) is 46.9 Å². The summed E-state index contributed by atoms with van der Waals surface area (Å²) in [6, 6.07) is 7.51. The van der Waals surface area contributed by atoms with Crippen LogP contribution in [-0.4, -0.2) is 63.6 Å². The Morgan fingerprint density at radius 3 is 2.58 bits per heavy atom. The van der Waals surface area contributed by atoms with E-state index in [1.165, 1.54) is 35.7 Å². The molecule has 0 aliphatic carbocycles. The minimum absolute atomic E-state index is 0.0186. The summed E-state index contributed by atoms with van der Waals surface area (Å²) in [6.07, 6.45) is 3.45. The fourth-order valence-corrected chi connectivity index (χ4v) is 6.64. The van der Waals surface area contributed by atoms with Gasteiger partial charge in [-0.05, 0) is 37.1 Å². The van der Waals surface area contributed by atoms with Crippen LogP contribution in [0.25, 0.3) is 0 Å². The number of carbonyl (C=O) groups excluding carboxylic acids is 1. The number of ether oxygens (including phenoxy) is 3. The second kappa shape index (κ2) is 13.2. The summed E-state index contributed by atoms with van der Waals surface area (Å²) in [5.41, 5.74) is 0.714. The summed E-state index contributed by atoms with van der Waals surface area (Å²) in [6.45, 7) is 3.04. The van der Waals surface area contributed by atoms with Crippen molar-refractivity contribution in [1.82, 2.24) is 9.97 Å². The number of pyridine rings is 1. The predicted octanol–water partition coefficient (Wildman–Crippen LogP) is 4.92. The molecule has 3 heterocycles. The first-order valence-corrected chi connectivity index (χ1v) is 16.9. The van der Waals surface area contributed by atoms with Gasteiger partial charge in [0.15, 0.2) is 20.0 Å². The summed E-state index contributed by atoms with van der Waals surface area (Å²) in [7, 11) is -5.14. The van der Waals surface area contributed by atoms with Crippen molar-refractivity contribution in [2.45, 2.75) is 37.1 Å². The lowest BCUT2D eigenvalue weighted by molar-refractivity contribution is 0.0785. The summed E-state index contributed by atoms with van der Waals surface area (Å²) >= 11 is 1.18. The first-order valence-electron chi connectivity index (χ1n) is 12.4. The maximum Gasteiger partial charge on any atom is 0.336 e. The highest BCUT2D eigenvalue weighted by Gasteiger charge is 2.29. The zero-order valence-corrected chi connectivity index (χ0v) is 24.7. The van der Waals surface area contributed by atoms with E-state index in [0.29, 0.717) is 49.2 Å². The van der Waals surface area contributed by atoms with Crippen LogP contribution in [0, 0.1) is 0 Å². The Morgan fingerprint density at radius 1 is 1.18 bits per heavy atom. The lowest BCUT2D eigenvalue weighted by atomic mass is 10.2. The fourth-order valence-electron chi connectivity index (χ4n) is 3.63. The monoisotopic (exact) mass is 611 g/mol. The minimum atomic E-state index is -3.46. The molecule has 216 valence electrons. The molecule has 1 amide bonds. The first kappa shape index (κ1) is 30.1. The summed E-state index contributed by atoms with van der Waals surface area (Å²) in [5, 5.41) is 4.66. The fraction of sp³-hybridized carbons (Fsp3) is 0.400. The van der Waals surface area contributed by atoms with Crippen LogP contribution in [0.4, 0.5) is 5.13 Å². The van der Waals surface area contributed by atoms with E-state index >= 15 is 0 Å². The predicted molar refractivity (Wildman–Crippen MR) is 148 cm³/mol. The van der Waals surface area contributed by atoms with Crippen molar-refractivity contribution < 1.29 is 41.0 Å². The number of hydrogen-bond acceptors (Lipinski definition) is 12. The Morgan fingerprint density at radius 2 is 1.93 bits per heavy atom. The molecule has 2 aromatic heterocycles. The highest BCUT2D eigenvalue weighted by atomic mass is 32.2. The minimum Gasteiger partial charge on any atom is -0.488 e. The number of benzene rings is 1. The van der Waals surface area contributed by atoms with Gasteiger partial charge >= 0.3 is 7.60 Å². The highest BCUT2D eigenvalue weighted by Crippen LogP contribution is 2.53. The van der Waals surface area contributed by atoms with Gasteiger partial charge in [0.2, 0.25) is 0 Å². The Labute approximate surface area is 236 Å². The van der Waals surface area contributed by atoms with Crippen LogP contribution in [0.2, 0.25) is 0 Å². The van der Waals surface area contributed by atoms with Gasteiger partial charge in [-0.2, -0.15) is 0 Å². The molecule has 40 heavy (non-hydrogen) atoms. The molecule has 0 radical (unpaired) electrons. The normalized spacial score (nSPS) is 15.8. The van der Waals surface area contributed by atoms with Gasteiger partial charge in [-0.15, -0.1) is 11.3 Å². The number of hydrogen-bond donors (Lipinski definition) is 1. The third-order valence-corrected chi connectivity index (χ3v) is 9.24. The number of anilines is 1. The SMILES string of the molecule is CCC(COC)Oc1cc(Oc2ccc(S(C)(=O)=O)nc2)cc(C(=O)Nc2nc(CP3(=O)OCCCO3)cs2)c1. The van der Waals surface area contributed by atoms with Gasteiger partial charge in [0.05, 0.1) is 37.9 Å². The summed E-state index contributed by atoms with van der Waals surface area (Å²) in [5.74, 6) is 0.440. The topological polar surface area (TPSA) is 152 Å². The number of rotatable bonds is 12. The molecule has 1 aliphatic rings. The molecule has 3 aromatic rings. The van der Waals surface area contributed by atoms with Gasteiger partial charge in [0.1, 0.15) is 23.4 Å². The van der Waals surface area contributed by atoms with Crippen molar-refractivity contribution in [3.8, 4) is 17.2 Å². The lowest BCUT2D eigenvalue weighted by Crippen LogP contribution is -2.21. The van der Waals surface area contributed by atoms with Crippen LogP contribution in [0.1, 0.15) is 35.8 Å². The van der Waals surface area contributed by atoms with Gasteiger partial charge in [-0.25, -0.2) is 18.4 Å². The Hall–Kier alpha value is -2.87. The first-order chi connectivity index (χ1) is 19.1. The molecular formula is C25H30N3O9PS2. The van der Waals surface area contributed by atoms with Crippen LogP contribution < -0.4 is 14.8 Å². The third kappa shape index (κ3) is 8.32. The van der Waals surface area contributed by atoms with E-state index in [0.717, 1.165) is 6.26 Å². The molecule has 0 spiro atoms. The van der Waals surface area contributed by atoms with Crippen LogP contribution in [0.5, 0.6) is 17.2 Å². The Kier molecular flexibility index (Phi) is 9.93. The molecule has 1 N–H and O–H groups in total. The number of methoxy groups -OCH3 is 1. The average Bonchev–Trinajstić information content (AvgIpc) is 3.34. The van der Waals surface area contributed by atoms with Crippen molar-refractivity contribution in [1.29, 1.82) is 0 Å². The third-order valence-electron chi connectivity index (χ3n) is 5.57. The van der Waals surface area contributed by atoms with Gasteiger partial charge in [-0.3, -0.25) is 14.7 Å². The van der Waals surface area contributed by atoms with Crippen LogP contribution >= 0.6 is 18.9 Å². The lowest BCUT2D eigenvalue weighted by Gasteiger charge is -2.22. The van der Waals surface area contributed by atoms with E-state index in [-0.39, 0.29) is 34.4 Å². The van der Waals surface area contributed by atoms with Gasteiger partial charge in [0.25, 0.3) is 5.91 Å². The van der Waals surface area contributed by atoms with Crippen molar-refractivity contribution in [3.05, 3.63) is 53.2 Å². The van der Waals surface area contributed by atoms with Crippen molar-refractivity contribution >= 4 is 39.8 Å². The van der Waals surface area contributed by atoms with Gasteiger partial charge in [0, 0.05) is 30.4 Å². The van der Waals surface area contributed by atoms with E-state index in [2.05, 4.69) is 15.3 Å². The van der Waals surface area contributed by atoms with E-state index in [1.54, 1.807) is 24.6 Å². The number of sulfone groups is 1. The molecule has 0 saturated carbocycles. The molecule has 1 unspecified atom stereocenters. The largest absolute Gasteiger partial charge is 0.488 e. The molecule has 1 fully saturated rings. The number of carbonyl (C=O) groups is 1. The molecular weight excluding hydrogens is 581 g/mol. The molecule has 1 aromatic carbocycles. The molecule has 1 saturated heterocycles. The zero-order valence-electron chi connectivity index (χ0n) is 22.2. The van der Waals surface area contributed by atoms with Crippen molar-refractivity contribution in [2.75, 3.05) is 38.5 Å². The standard InChI is InChI=1S/C25H30N3O9PS2/c1-4-19(14-33-2)36-21-10-17(11-22(12-21)37-20-6-7-23(26-13-20)40(3,31)32)24(29)28-25-27-18(16-39-25)15-38(30)34-8-5-9-35-38/h6-7,10-13,16,19H,4-5,8-9,14-15H2,1-3H3,(H,27,28,29). The van der Waals surface area contributed by atoms with Crippen molar-refractivity contribution in [3.63, 3.8) is 0 Å². The smallest absolute Gasteiger partial charge is 0.336 e. The molecule has 1 aliphatic heterocycles. The maximum atomic E-state index is 13.2. The van der Waals surface area contributed by atoms with E-state index in [1.807, 2.05) is 6.92 Å². The second-order valence-corrected chi connectivity index (χ2v) is 13.8. The molecule has 15 heteroatoms. The second-order valence-electron chi connectivity index (χ2n) is 8.89. The maximum absolute atomic E-state index is 13.2. The summed E-state index contributed by atoms with van der Waals surface area (Å²) < 4.78 is 63.9. The molecule has 4 rings (SSSR count). The van der Waals surface area contributed by atoms with Gasteiger partial charge < -0.3 is 23.3 Å². The number of aromatic nitrogens is 2. The zero-order chi connectivity index (χ0) is 28.8. The van der Waals surface area contributed by atoms with E-state index in [4.69, 9.17) is 23.3 Å². The van der Waals surface area contributed by atoms with E-state index < -0.39 is 23.3 Å². The van der Waals surface area contributed by atoms with Crippen molar-refractivity contribution in [2.24, 2.45) is 0 Å². The average molecular weight is 612 g/mol. The van der Waals surface area contributed by atoms with Gasteiger partial charge in [-0.1, -0.05) is 6.92 Å². The molecule has 12 nitrogen and oxygen atoms in total. The number of nitrogens with one attached hydrogen (secondary N) is 1. The number of thiazole rings is 1. The van der Waals surface area contributed by atoms with Crippen LogP contribution in [0.3, 0.4) is 0 Å². The summed E-state index contributed by atoms with van der Waals surface area (Å²) in [4.78, 5) is 21.5. The highest BCUT2D eigenvalue weighted by molar-refractivity contribution is 7.90. The molecule has 1 atom stereocenters. The number of amides is 1. The van der Waals surface area contributed by atoms with E-state index in [9.17, 15) is 17.8 Å². The molecule has 0 bridgehead atoms. The number of nitrogens with zero attached hydrogens (tertiary/aromatic N) is 2. The quantitative estimate of drug-likeness (QED) is 0.278. The Balaban J connectivity index is 1.54.